The molecule has 0 saturated heterocycles. The van der Waals surface area contributed by atoms with E-state index in [1.165, 1.54) is 24.8 Å². The van der Waals surface area contributed by atoms with Gasteiger partial charge in [0.2, 0.25) is 0 Å². The molecule has 0 spiro atoms. The van der Waals surface area contributed by atoms with Gasteiger partial charge in [-0.3, -0.25) is 0 Å². The summed E-state index contributed by atoms with van der Waals surface area (Å²) in [6.45, 7) is 7.01. The standard InChI is InChI=1S/C17H27NO/c1-5-16(13-6-8-15(19-4)9-7-13)18-14-10-11-17(2,3)12-14/h6-9,14,16,18H,5,10-12H2,1-4H3. The van der Waals surface area contributed by atoms with Crippen LogP contribution in [0.2, 0.25) is 0 Å². The normalized spacial score (nSPS) is 23.3. The van der Waals surface area contributed by atoms with E-state index < -0.39 is 0 Å². The first kappa shape index (κ1) is 14.4. The van der Waals surface area contributed by atoms with Crippen LogP contribution in [-0.4, -0.2) is 13.2 Å². The molecule has 0 heterocycles. The zero-order chi connectivity index (χ0) is 13.9. The van der Waals surface area contributed by atoms with Gasteiger partial charge in [0, 0.05) is 12.1 Å². The van der Waals surface area contributed by atoms with Crippen LogP contribution in [0.15, 0.2) is 24.3 Å². The van der Waals surface area contributed by atoms with Gasteiger partial charge in [0.05, 0.1) is 7.11 Å². The molecule has 0 bridgehead atoms. The molecule has 2 heteroatoms. The molecule has 1 aliphatic rings. The van der Waals surface area contributed by atoms with Gasteiger partial charge in [0.1, 0.15) is 5.75 Å². The Morgan fingerprint density at radius 3 is 2.47 bits per heavy atom. The lowest BCUT2D eigenvalue weighted by Crippen LogP contribution is -2.31. The van der Waals surface area contributed by atoms with E-state index in [-0.39, 0.29) is 0 Å². The van der Waals surface area contributed by atoms with Gasteiger partial charge in [0.25, 0.3) is 0 Å². The van der Waals surface area contributed by atoms with Crippen LogP contribution < -0.4 is 10.1 Å². The van der Waals surface area contributed by atoms with Gasteiger partial charge in [-0.05, 0) is 48.8 Å². The van der Waals surface area contributed by atoms with Gasteiger partial charge >= 0.3 is 0 Å². The maximum absolute atomic E-state index is 5.22. The van der Waals surface area contributed by atoms with E-state index in [0.717, 1.165) is 12.2 Å². The molecular weight excluding hydrogens is 234 g/mol. The smallest absolute Gasteiger partial charge is 0.118 e. The average molecular weight is 261 g/mol. The highest BCUT2D eigenvalue weighted by molar-refractivity contribution is 5.29. The molecule has 0 aliphatic heterocycles. The largest absolute Gasteiger partial charge is 0.497 e. The average Bonchev–Trinajstić information content (AvgIpc) is 2.75. The summed E-state index contributed by atoms with van der Waals surface area (Å²) in [5, 5.41) is 3.83. The molecule has 0 radical (unpaired) electrons. The second-order valence-corrected chi connectivity index (χ2v) is 6.50. The molecule has 2 nitrogen and oxygen atoms in total. The highest BCUT2D eigenvalue weighted by atomic mass is 16.5. The number of hydrogen-bond acceptors (Lipinski definition) is 2. The SMILES string of the molecule is CCC(NC1CCC(C)(C)C1)c1ccc(OC)cc1. The summed E-state index contributed by atoms with van der Waals surface area (Å²) < 4.78 is 5.22. The van der Waals surface area contributed by atoms with E-state index in [9.17, 15) is 0 Å². The Morgan fingerprint density at radius 2 is 2.00 bits per heavy atom. The molecule has 1 aliphatic carbocycles. The van der Waals surface area contributed by atoms with Crippen molar-refractivity contribution in [1.82, 2.24) is 5.32 Å². The molecule has 1 fully saturated rings. The molecule has 1 aromatic rings. The van der Waals surface area contributed by atoms with Crippen LogP contribution in [0.25, 0.3) is 0 Å². The maximum atomic E-state index is 5.22. The summed E-state index contributed by atoms with van der Waals surface area (Å²) in [5.41, 5.74) is 1.88. The molecule has 0 amide bonds. The molecular formula is C17H27NO. The number of methoxy groups -OCH3 is 1. The van der Waals surface area contributed by atoms with Crippen molar-refractivity contribution in [2.75, 3.05) is 7.11 Å². The second-order valence-electron chi connectivity index (χ2n) is 6.50. The summed E-state index contributed by atoms with van der Waals surface area (Å²) in [6, 6.07) is 9.60. The minimum Gasteiger partial charge on any atom is -0.497 e. The van der Waals surface area contributed by atoms with Crippen LogP contribution in [0.4, 0.5) is 0 Å². The number of hydrogen-bond donors (Lipinski definition) is 1. The summed E-state index contributed by atoms with van der Waals surface area (Å²) in [6.07, 6.45) is 5.06. The minimum atomic E-state index is 0.463. The predicted molar refractivity (Wildman–Crippen MR) is 80.6 cm³/mol. The Hall–Kier alpha value is -1.02. The molecule has 1 aromatic carbocycles. The Kier molecular flexibility index (Phi) is 4.51. The second kappa shape index (κ2) is 5.96. The van der Waals surface area contributed by atoms with E-state index in [0.29, 0.717) is 17.5 Å². The molecule has 1 N–H and O–H groups in total. The third-order valence-electron chi connectivity index (χ3n) is 4.33. The molecule has 1 saturated carbocycles. The monoisotopic (exact) mass is 261 g/mol. The van der Waals surface area contributed by atoms with Crippen molar-refractivity contribution in [1.29, 1.82) is 0 Å². The lowest BCUT2D eigenvalue weighted by atomic mass is 9.91. The van der Waals surface area contributed by atoms with Crippen molar-refractivity contribution in [3.63, 3.8) is 0 Å². The van der Waals surface area contributed by atoms with Gasteiger partial charge in [-0.2, -0.15) is 0 Å². The first-order valence-electron chi connectivity index (χ1n) is 7.44. The van der Waals surface area contributed by atoms with Gasteiger partial charge in [0.15, 0.2) is 0 Å². The number of rotatable bonds is 5. The molecule has 2 unspecified atom stereocenters. The van der Waals surface area contributed by atoms with E-state index in [1.807, 2.05) is 0 Å². The highest BCUT2D eigenvalue weighted by Gasteiger charge is 2.31. The molecule has 2 atom stereocenters. The first-order chi connectivity index (χ1) is 9.04. The summed E-state index contributed by atoms with van der Waals surface area (Å²) in [5.74, 6) is 0.931. The molecule has 0 aromatic heterocycles. The van der Waals surface area contributed by atoms with Gasteiger partial charge in [-0.25, -0.2) is 0 Å². The van der Waals surface area contributed by atoms with E-state index in [4.69, 9.17) is 4.74 Å². The Morgan fingerprint density at radius 1 is 1.32 bits per heavy atom. The van der Waals surface area contributed by atoms with Crippen LogP contribution >= 0.6 is 0 Å². The quantitative estimate of drug-likeness (QED) is 0.852. The van der Waals surface area contributed by atoms with Crippen molar-refractivity contribution < 1.29 is 4.74 Å². The van der Waals surface area contributed by atoms with Gasteiger partial charge in [-0.1, -0.05) is 32.9 Å². The first-order valence-corrected chi connectivity index (χ1v) is 7.44. The van der Waals surface area contributed by atoms with E-state index in [1.54, 1.807) is 7.11 Å². The van der Waals surface area contributed by atoms with Crippen molar-refractivity contribution in [3.05, 3.63) is 29.8 Å². The third-order valence-corrected chi connectivity index (χ3v) is 4.33. The van der Waals surface area contributed by atoms with Crippen LogP contribution in [-0.2, 0) is 0 Å². The summed E-state index contributed by atoms with van der Waals surface area (Å²) in [4.78, 5) is 0. The minimum absolute atomic E-state index is 0.463. The van der Waals surface area contributed by atoms with Crippen LogP contribution in [0, 0.1) is 5.41 Å². The fourth-order valence-electron chi connectivity index (χ4n) is 3.15. The fourth-order valence-corrected chi connectivity index (χ4v) is 3.15. The lowest BCUT2D eigenvalue weighted by molar-refractivity contribution is 0.350. The van der Waals surface area contributed by atoms with E-state index >= 15 is 0 Å². The number of nitrogens with one attached hydrogen (secondary N) is 1. The summed E-state index contributed by atoms with van der Waals surface area (Å²) >= 11 is 0. The Balaban J connectivity index is 1.99. The van der Waals surface area contributed by atoms with Crippen molar-refractivity contribution >= 4 is 0 Å². The van der Waals surface area contributed by atoms with Crippen LogP contribution in [0.3, 0.4) is 0 Å². The van der Waals surface area contributed by atoms with Crippen molar-refractivity contribution in [3.8, 4) is 5.75 Å². The Bertz CT molecular complexity index is 396. The predicted octanol–water partition coefficient (Wildman–Crippen LogP) is 4.31. The number of ether oxygens (including phenoxy) is 1. The van der Waals surface area contributed by atoms with Crippen LogP contribution in [0.1, 0.15) is 58.1 Å². The van der Waals surface area contributed by atoms with Crippen molar-refractivity contribution in [2.24, 2.45) is 5.41 Å². The van der Waals surface area contributed by atoms with E-state index in [2.05, 4.69) is 50.4 Å². The highest BCUT2D eigenvalue weighted by Crippen LogP contribution is 2.38. The number of benzene rings is 1. The third kappa shape index (κ3) is 3.73. The topological polar surface area (TPSA) is 21.3 Å². The summed E-state index contributed by atoms with van der Waals surface area (Å²) in [7, 11) is 1.71. The van der Waals surface area contributed by atoms with Gasteiger partial charge in [-0.15, -0.1) is 0 Å². The molecule has 2 rings (SSSR count). The maximum Gasteiger partial charge on any atom is 0.118 e. The van der Waals surface area contributed by atoms with Gasteiger partial charge < -0.3 is 10.1 Å². The molecule has 19 heavy (non-hydrogen) atoms. The Labute approximate surface area is 117 Å². The zero-order valence-electron chi connectivity index (χ0n) is 12.7. The zero-order valence-corrected chi connectivity index (χ0v) is 12.7. The molecule has 106 valence electrons. The fraction of sp³-hybridized carbons (Fsp3) is 0.647. The van der Waals surface area contributed by atoms with Crippen LogP contribution in [0.5, 0.6) is 5.75 Å². The van der Waals surface area contributed by atoms with Crippen molar-refractivity contribution in [2.45, 2.75) is 58.5 Å². The lowest BCUT2D eigenvalue weighted by Gasteiger charge is -2.24.